The van der Waals surface area contributed by atoms with Gasteiger partial charge in [0.1, 0.15) is 23.6 Å². The van der Waals surface area contributed by atoms with Gasteiger partial charge in [-0.1, -0.05) is 24.3 Å². The van der Waals surface area contributed by atoms with E-state index in [0.717, 1.165) is 36.7 Å². The van der Waals surface area contributed by atoms with Crippen molar-refractivity contribution in [2.75, 3.05) is 31.4 Å². The molecule has 35 heavy (non-hydrogen) atoms. The van der Waals surface area contributed by atoms with Crippen LogP contribution in [0.5, 0.6) is 11.5 Å². The van der Waals surface area contributed by atoms with E-state index in [0.29, 0.717) is 11.5 Å². The number of nitrogens with zero attached hydrogens (tertiary/aromatic N) is 1. The van der Waals surface area contributed by atoms with E-state index < -0.39 is 16.1 Å². The van der Waals surface area contributed by atoms with Crippen LogP contribution in [0.4, 0.5) is 5.69 Å². The zero-order valence-corrected chi connectivity index (χ0v) is 20.6. The Kier molecular flexibility index (Phi) is 7.89. The fourth-order valence-electron chi connectivity index (χ4n) is 3.59. The Labute approximate surface area is 206 Å². The van der Waals surface area contributed by atoms with Crippen LogP contribution in [-0.4, -0.2) is 46.7 Å². The molecule has 0 saturated heterocycles. The molecule has 0 fully saturated rings. The summed E-state index contributed by atoms with van der Waals surface area (Å²) in [6, 6.07) is 22.4. The van der Waals surface area contributed by atoms with E-state index in [-0.39, 0.29) is 10.8 Å². The Morgan fingerprint density at radius 1 is 0.943 bits per heavy atom. The number of benzene rings is 3. The van der Waals surface area contributed by atoms with E-state index in [9.17, 15) is 8.42 Å². The highest BCUT2D eigenvalue weighted by molar-refractivity contribution is 7.91. The number of hydrogen-bond acceptors (Lipinski definition) is 8. The summed E-state index contributed by atoms with van der Waals surface area (Å²) in [4.78, 5) is 4.57. The second-order valence-corrected chi connectivity index (χ2v) is 10.2. The van der Waals surface area contributed by atoms with Gasteiger partial charge in [0.15, 0.2) is 15.8 Å². The van der Waals surface area contributed by atoms with E-state index in [1.807, 2.05) is 36.4 Å². The molecule has 0 saturated carbocycles. The molecule has 3 aromatic rings. The minimum absolute atomic E-state index is 0.229. The second kappa shape index (κ2) is 11.2. The van der Waals surface area contributed by atoms with E-state index >= 15 is 0 Å². The molecule has 4 rings (SSSR count). The third kappa shape index (κ3) is 6.97. The summed E-state index contributed by atoms with van der Waals surface area (Å²) in [6.07, 6.45) is 0.320. The first-order valence-corrected chi connectivity index (χ1v) is 13.1. The number of rotatable bonds is 10. The van der Waals surface area contributed by atoms with Crippen molar-refractivity contribution >= 4 is 21.5 Å². The fraction of sp³-hybridized carbons (Fsp3) is 0.269. The summed E-state index contributed by atoms with van der Waals surface area (Å²) in [5, 5.41) is 9.38. The Hall–Kier alpha value is -3.56. The molecule has 8 nitrogen and oxygen atoms in total. The topological polar surface area (TPSA) is 101 Å². The highest BCUT2D eigenvalue weighted by Gasteiger charge is 2.16. The van der Waals surface area contributed by atoms with Crippen molar-refractivity contribution in [2.45, 2.75) is 24.5 Å². The molecular formula is C26H30N4O4S. The van der Waals surface area contributed by atoms with Gasteiger partial charge in [0.25, 0.3) is 0 Å². The van der Waals surface area contributed by atoms with Crippen LogP contribution in [0.2, 0.25) is 0 Å². The predicted molar refractivity (Wildman–Crippen MR) is 138 cm³/mol. The molecule has 3 aromatic carbocycles. The van der Waals surface area contributed by atoms with Gasteiger partial charge in [-0.25, -0.2) is 8.42 Å². The molecule has 1 aliphatic rings. The summed E-state index contributed by atoms with van der Waals surface area (Å²) in [5.41, 5.74) is 3.35. The van der Waals surface area contributed by atoms with Crippen LogP contribution in [0.15, 0.2) is 82.7 Å². The second-order valence-electron chi connectivity index (χ2n) is 8.20. The number of sulfone groups is 1. The molecule has 0 radical (unpaired) electrons. The van der Waals surface area contributed by atoms with Crippen LogP contribution in [0.3, 0.4) is 0 Å². The standard InChI is InChI=1S/C26H30N4O4S/c1-19(29-18-35(31,32)25-13-11-23(33-2)12-14-25)34-24-9-5-21(6-10-24)17-20-3-7-22(8-4-20)30-26-27-15-16-28-26/h3-14,19,29H,15-18H2,1-2H3,(H2,27,28,30). The third-order valence-corrected chi connectivity index (χ3v) is 7.05. The lowest BCUT2D eigenvalue weighted by Gasteiger charge is -2.17. The fourth-order valence-corrected chi connectivity index (χ4v) is 4.76. The monoisotopic (exact) mass is 494 g/mol. The van der Waals surface area contributed by atoms with E-state index in [1.54, 1.807) is 19.1 Å². The molecule has 0 aliphatic carbocycles. The molecule has 1 atom stereocenters. The Morgan fingerprint density at radius 3 is 2.17 bits per heavy atom. The van der Waals surface area contributed by atoms with Crippen molar-refractivity contribution in [2.24, 2.45) is 4.99 Å². The zero-order chi connectivity index (χ0) is 24.7. The normalized spacial score (nSPS) is 14.1. The molecule has 9 heteroatoms. The van der Waals surface area contributed by atoms with Crippen molar-refractivity contribution in [1.82, 2.24) is 10.6 Å². The van der Waals surface area contributed by atoms with Crippen LogP contribution in [0, 0.1) is 0 Å². The highest BCUT2D eigenvalue weighted by atomic mass is 32.2. The molecule has 3 N–H and O–H groups in total. The number of hydrogen-bond donors (Lipinski definition) is 3. The van der Waals surface area contributed by atoms with Gasteiger partial charge in [-0.3, -0.25) is 10.3 Å². The van der Waals surface area contributed by atoms with Gasteiger partial charge in [0, 0.05) is 12.2 Å². The Morgan fingerprint density at radius 2 is 1.57 bits per heavy atom. The van der Waals surface area contributed by atoms with E-state index in [2.05, 4.69) is 33.1 Å². The number of aliphatic imine (C=N–C) groups is 1. The molecule has 184 valence electrons. The number of nitrogens with one attached hydrogen (secondary N) is 3. The molecular weight excluding hydrogens is 464 g/mol. The largest absolute Gasteiger partial charge is 0.497 e. The van der Waals surface area contributed by atoms with Gasteiger partial charge in [-0.05, 0) is 73.0 Å². The number of anilines is 1. The molecule has 1 unspecified atom stereocenters. The van der Waals surface area contributed by atoms with Gasteiger partial charge in [0.2, 0.25) is 0 Å². The maximum absolute atomic E-state index is 12.5. The molecule has 0 aromatic heterocycles. The lowest BCUT2D eigenvalue weighted by atomic mass is 10.0. The van der Waals surface area contributed by atoms with Crippen LogP contribution >= 0.6 is 0 Å². The lowest BCUT2D eigenvalue weighted by molar-refractivity contribution is 0.190. The summed E-state index contributed by atoms with van der Waals surface area (Å²) in [5.74, 6) is 1.86. The van der Waals surface area contributed by atoms with Gasteiger partial charge < -0.3 is 20.1 Å². The van der Waals surface area contributed by atoms with Crippen molar-refractivity contribution in [3.63, 3.8) is 0 Å². The molecule has 1 aliphatic heterocycles. The predicted octanol–water partition coefficient (Wildman–Crippen LogP) is 3.40. The summed E-state index contributed by atoms with van der Waals surface area (Å²) in [7, 11) is -1.95. The van der Waals surface area contributed by atoms with Gasteiger partial charge in [-0.15, -0.1) is 0 Å². The molecule has 1 heterocycles. The van der Waals surface area contributed by atoms with E-state index in [4.69, 9.17) is 9.47 Å². The smallest absolute Gasteiger partial charge is 0.195 e. The maximum atomic E-state index is 12.5. The van der Waals surface area contributed by atoms with Crippen LogP contribution < -0.4 is 25.4 Å². The maximum Gasteiger partial charge on any atom is 0.195 e. The average molecular weight is 495 g/mol. The van der Waals surface area contributed by atoms with Crippen molar-refractivity contribution in [3.05, 3.63) is 83.9 Å². The Balaban J connectivity index is 1.26. The highest BCUT2D eigenvalue weighted by Crippen LogP contribution is 2.19. The lowest BCUT2D eigenvalue weighted by Crippen LogP contribution is -2.35. The SMILES string of the molecule is COc1ccc(S(=O)(=O)CNC(C)Oc2ccc(Cc3ccc(NC4=NCCN4)cc3)cc2)cc1. The first-order chi connectivity index (χ1) is 16.9. The Bertz CT molecular complexity index is 1240. The molecule has 0 spiro atoms. The van der Waals surface area contributed by atoms with Gasteiger partial charge in [-0.2, -0.15) is 0 Å². The van der Waals surface area contributed by atoms with Gasteiger partial charge >= 0.3 is 0 Å². The third-order valence-electron chi connectivity index (χ3n) is 5.51. The summed E-state index contributed by atoms with van der Waals surface area (Å²) in [6.45, 7) is 3.45. The van der Waals surface area contributed by atoms with Gasteiger partial charge in [0.05, 0.1) is 18.6 Å². The quantitative estimate of drug-likeness (QED) is 0.371. The van der Waals surface area contributed by atoms with E-state index in [1.165, 1.54) is 24.8 Å². The summed E-state index contributed by atoms with van der Waals surface area (Å²) >= 11 is 0. The minimum atomic E-state index is -3.49. The number of ether oxygens (including phenoxy) is 2. The number of guanidine groups is 1. The minimum Gasteiger partial charge on any atom is -0.497 e. The van der Waals surface area contributed by atoms with Crippen molar-refractivity contribution < 1.29 is 17.9 Å². The number of methoxy groups -OCH3 is 1. The van der Waals surface area contributed by atoms with Crippen molar-refractivity contribution in [1.29, 1.82) is 0 Å². The van der Waals surface area contributed by atoms with Crippen LogP contribution in [-0.2, 0) is 16.3 Å². The van der Waals surface area contributed by atoms with Crippen LogP contribution in [0.25, 0.3) is 0 Å². The molecule has 0 bridgehead atoms. The molecule has 0 amide bonds. The van der Waals surface area contributed by atoms with Crippen LogP contribution in [0.1, 0.15) is 18.1 Å². The average Bonchev–Trinajstić information content (AvgIpc) is 3.38. The first-order valence-electron chi connectivity index (χ1n) is 11.4. The van der Waals surface area contributed by atoms with Crippen molar-refractivity contribution in [3.8, 4) is 11.5 Å². The summed E-state index contributed by atoms with van der Waals surface area (Å²) < 4.78 is 36.0. The first kappa shape index (κ1) is 24.6. The zero-order valence-electron chi connectivity index (χ0n) is 19.8.